The quantitative estimate of drug-likeness (QED) is 0.0868. The molecule has 0 radical (unpaired) electrons. The third-order valence-corrected chi connectivity index (χ3v) is 6.11. The van der Waals surface area contributed by atoms with Gasteiger partial charge in [0.2, 0.25) is 0 Å². The summed E-state index contributed by atoms with van der Waals surface area (Å²) in [6.07, 6.45) is 4.05. The lowest BCUT2D eigenvalue weighted by Gasteiger charge is -2.09. The molecule has 0 heterocycles. The van der Waals surface area contributed by atoms with Crippen molar-refractivity contribution in [3.63, 3.8) is 0 Å². The van der Waals surface area contributed by atoms with E-state index in [1.165, 1.54) is 0 Å². The molecule has 0 fully saturated rings. The Morgan fingerprint density at radius 1 is 0.707 bits per heavy atom. The Bertz CT molecular complexity index is 1310. The Hall–Kier alpha value is -4.65. The van der Waals surface area contributed by atoms with Crippen LogP contribution in [0.2, 0.25) is 0 Å². The highest BCUT2D eigenvalue weighted by Crippen LogP contribution is 2.23. The Balaban J connectivity index is 1.36. The molecule has 0 N–H and O–H groups in total. The van der Waals surface area contributed by atoms with Gasteiger partial charge in [-0.3, -0.25) is 4.79 Å². The first-order valence-electron chi connectivity index (χ1n) is 13.6. The summed E-state index contributed by atoms with van der Waals surface area (Å²) >= 11 is 0. The molecule has 7 heteroatoms. The first-order chi connectivity index (χ1) is 19.8. The molecule has 0 aliphatic heterocycles. The van der Waals surface area contributed by atoms with Crippen molar-refractivity contribution in [2.24, 2.45) is 0 Å². The number of hydrogen-bond donors (Lipinski definition) is 0. The molecule has 0 bridgehead atoms. The highest BCUT2D eigenvalue weighted by Gasteiger charge is 2.07. The maximum Gasteiger partial charge on any atom is 0.333 e. The Morgan fingerprint density at radius 2 is 1.27 bits per heavy atom. The summed E-state index contributed by atoms with van der Waals surface area (Å²) in [6.45, 7) is 9.71. The summed E-state index contributed by atoms with van der Waals surface area (Å²) in [4.78, 5) is 34.8. The topological polar surface area (TPSA) is 88.1 Å². The third-order valence-electron chi connectivity index (χ3n) is 6.11. The van der Waals surface area contributed by atoms with E-state index in [1.54, 1.807) is 19.1 Å². The number of rotatable bonds is 16. The number of carbonyl (C=O) groups excluding carboxylic acids is 3. The minimum Gasteiger partial charge on any atom is -0.494 e. The number of unbranched alkanes of at least 4 members (excludes halogenated alkanes) is 1. The lowest BCUT2D eigenvalue weighted by molar-refractivity contribution is -0.139. The smallest absolute Gasteiger partial charge is 0.333 e. The third kappa shape index (κ3) is 11.2. The molecule has 0 unspecified atom stereocenters. The molecule has 0 atom stereocenters. The van der Waals surface area contributed by atoms with E-state index in [0.717, 1.165) is 46.9 Å². The second-order valence-electron chi connectivity index (χ2n) is 9.43. The maximum atomic E-state index is 12.3. The van der Waals surface area contributed by atoms with Crippen molar-refractivity contribution < 1.29 is 33.3 Å². The van der Waals surface area contributed by atoms with Gasteiger partial charge in [0.05, 0.1) is 19.8 Å². The van der Waals surface area contributed by atoms with E-state index in [-0.39, 0.29) is 25.0 Å². The molecule has 3 aromatic rings. The van der Waals surface area contributed by atoms with Gasteiger partial charge in [-0.05, 0) is 72.7 Å². The van der Waals surface area contributed by atoms with E-state index < -0.39 is 5.97 Å². The molecule has 0 aliphatic rings. The van der Waals surface area contributed by atoms with Crippen molar-refractivity contribution in [2.45, 2.75) is 39.0 Å². The molecular formula is C34H36O7. The zero-order chi connectivity index (χ0) is 29.5. The lowest BCUT2D eigenvalue weighted by atomic mass is 10.0. The summed E-state index contributed by atoms with van der Waals surface area (Å²) in [5, 5.41) is 0. The van der Waals surface area contributed by atoms with Crippen LogP contribution in [0.15, 0.2) is 97.6 Å². The van der Waals surface area contributed by atoms with Crippen molar-refractivity contribution in [1.82, 2.24) is 0 Å². The first kappa shape index (κ1) is 30.9. The van der Waals surface area contributed by atoms with Crippen LogP contribution in [0.4, 0.5) is 0 Å². The molecule has 0 amide bonds. The molecule has 214 valence electrons. The van der Waals surface area contributed by atoms with Crippen LogP contribution in [-0.4, -0.2) is 37.7 Å². The van der Waals surface area contributed by atoms with E-state index in [4.69, 9.17) is 18.9 Å². The molecule has 0 saturated carbocycles. The first-order valence-corrected chi connectivity index (χ1v) is 13.6. The second kappa shape index (κ2) is 16.5. The summed E-state index contributed by atoms with van der Waals surface area (Å²) in [5.41, 5.74) is 4.56. The molecule has 0 aliphatic carbocycles. The standard InChI is InChI=1S/C34H36O7/c1-4-32(35)39-24-21-27-9-16-31(17-10-27)41-33(36)20-11-26-7-12-28(13-8-26)29-14-18-30(19-15-29)38-22-5-6-23-40-34(37)25(2)3/h4,7-10,12-19H,1-2,5-6,11,20-24H2,3H3. The molecule has 41 heavy (non-hydrogen) atoms. The highest BCUT2D eigenvalue weighted by molar-refractivity contribution is 5.86. The zero-order valence-electron chi connectivity index (χ0n) is 23.4. The zero-order valence-corrected chi connectivity index (χ0v) is 23.4. The van der Waals surface area contributed by atoms with Crippen LogP contribution in [0.3, 0.4) is 0 Å². The van der Waals surface area contributed by atoms with Crippen molar-refractivity contribution >= 4 is 17.9 Å². The van der Waals surface area contributed by atoms with Gasteiger partial charge in [-0.25, -0.2) is 9.59 Å². The van der Waals surface area contributed by atoms with Crippen molar-refractivity contribution in [2.75, 3.05) is 19.8 Å². The van der Waals surface area contributed by atoms with Gasteiger partial charge in [0.25, 0.3) is 0 Å². The highest BCUT2D eigenvalue weighted by atomic mass is 16.5. The molecule has 3 aromatic carbocycles. The van der Waals surface area contributed by atoms with Gasteiger partial charge >= 0.3 is 17.9 Å². The van der Waals surface area contributed by atoms with Crippen LogP contribution in [-0.2, 0) is 36.7 Å². The fraction of sp³-hybridized carbons (Fsp3) is 0.265. The minimum absolute atomic E-state index is 0.265. The van der Waals surface area contributed by atoms with E-state index in [2.05, 4.69) is 13.2 Å². The fourth-order valence-electron chi connectivity index (χ4n) is 3.77. The molecule has 7 nitrogen and oxygen atoms in total. The number of benzene rings is 3. The number of aryl methyl sites for hydroxylation is 1. The van der Waals surface area contributed by atoms with Gasteiger partial charge in [-0.2, -0.15) is 0 Å². The van der Waals surface area contributed by atoms with Crippen molar-refractivity contribution in [1.29, 1.82) is 0 Å². The van der Waals surface area contributed by atoms with E-state index >= 15 is 0 Å². The molecule has 0 aromatic heterocycles. The summed E-state index contributed by atoms with van der Waals surface area (Å²) < 4.78 is 21.3. The van der Waals surface area contributed by atoms with Gasteiger partial charge in [0.1, 0.15) is 11.5 Å². The van der Waals surface area contributed by atoms with Crippen LogP contribution in [0.5, 0.6) is 11.5 Å². The van der Waals surface area contributed by atoms with Crippen molar-refractivity contribution in [3.8, 4) is 22.6 Å². The fourth-order valence-corrected chi connectivity index (χ4v) is 3.77. The number of hydrogen-bond acceptors (Lipinski definition) is 7. The number of carbonyl (C=O) groups is 3. The average molecular weight is 557 g/mol. The Kier molecular flexibility index (Phi) is 12.4. The average Bonchev–Trinajstić information content (AvgIpc) is 2.99. The number of ether oxygens (including phenoxy) is 4. The predicted octanol–water partition coefficient (Wildman–Crippen LogP) is 6.44. The largest absolute Gasteiger partial charge is 0.494 e. The van der Waals surface area contributed by atoms with Crippen LogP contribution >= 0.6 is 0 Å². The predicted molar refractivity (Wildman–Crippen MR) is 158 cm³/mol. The van der Waals surface area contributed by atoms with Gasteiger partial charge in [-0.15, -0.1) is 0 Å². The van der Waals surface area contributed by atoms with Gasteiger partial charge < -0.3 is 18.9 Å². The van der Waals surface area contributed by atoms with E-state index in [0.29, 0.717) is 37.4 Å². The summed E-state index contributed by atoms with van der Waals surface area (Å²) in [7, 11) is 0. The van der Waals surface area contributed by atoms with E-state index in [1.807, 2.05) is 60.7 Å². The second-order valence-corrected chi connectivity index (χ2v) is 9.43. The van der Waals surface area contributed by atoms with Crippen LogP contribution in [0.1, 0.15) is 37.3 Å². The van der Waals surface area contributed by atoms with Gasteiger partial charge in [0.15, 0.2) is 0 Å². The number of esters is 3. The van der Waals surface area contributed by atoms with Gasteiger partial charge in [0, 0.05) is 24.5 Å². The summed E-state index contributed by atoms with van der Waals surface area (Å²) in [6, 6.07) is 23.1. The Labute approximate surface area is 241 Å². The van der Waals surface area contributed by atoms with Gasteiger partial charge in [-0.1, -0.05) is 61.7 Å². The molecule has 3 rings (SSSR count). The van der Waals surface area contributed by atoms with Crippen LogP contribution < -0.4 is 9.47 Å². The molecule has 0 spiro atoms. The minimum atomic E-state index is -0.449. The monoisotopic (exact) mass is 556 g/mol. The molecule has 0 saturated heterocycles. The van der Waals surface area contributed by atoms with Crippen LogP contribution in [0.25, 0.3) is 11.1 Å². The Morgan fingerprint density at radius 3 is 1.90 bits per heavy atom. The van der Waals surface area contributed by atoms with Crippen LogP contribution in [0, 0.1) is 0 Å². The SMILES string of the molecule is C=CC(=O)OCCc1ccc(OC(=O)CCc2ccc(-c3ccc(OCCCCOC(=O)C(=C)C)cc3)cc2)cc1. The molecular weight excluding hydrogens is 520 g/mol. The van der Waals surface area contributed by atoms with Crippen molar-refractivity contribution in [3.05, 3.63) is 109 Å². The maximum absolute atomic E-state index is 12.3. The normalized spacial score (nSPS) is 10.4. The summed E-state index contributed by atoms with van der Waals surface area (Å²) in [5.74, 6) is 0.153. The van der Waals surface area contributed by atoms with E-state index in [9.17, 15) is 14.4 Å². The lowest BCUT2D eigenvalue weighted by Crippen LogP contribution is -2.09.